The van der Waals surface area contributed by atoms with Gasteiger partial charge in [-0.05, 0) is 19.8 Å². The second kappa shape index (κ2) is 13.5. The van der Waals surface area contributed by atoms with Crippen LogP contribution in [0.1, 0.15) is 85.5 Å². The minimum atomic E-state index is -0.854. The van der Waals surface area contributed by atoms with E-state index in [1.165, 1.54) is 38.5 Å². The molecule has 21 heavy (non-hydrogen) atoms. The molecule has 0 N–H and O–H groups in total. The highest BCUT2D eigenvalue weighted by atomic mass is 16.9. The van der Waals surface area contributed by atoms with E-state index in [0.29, 0.717) is 13.2 Å². The number of methoxy groups -OCH3 is 1. The molecule has 0 aromatic heterocycles. The lowest BCUT2D eigenvalue weighted by molar-refractivity contribution is -0.394. The molecule has 0 saturated heterocycles. The summed E-state index contributed by atoms with van der Waals surface area (Å²) in [6, 6.07) is 0. The highest BCUT2D eigenvalue weighted by Crippen LogP contribution is 2.29. The van der Waals surface area contributed by atoms with Crippen LogP contribution in [0.15, 0.2) is 0 Å². The van der Waals surface area contributed by atoms with Gasteiger partial charge < -0.3 is 14.2 Å². The van der Waals surface area contributed by atoms with Crippen LogP contribution in [0.5, 0.6) is 0 Å². The van der Waals surface area contributed by atoms with Gasteiger partial charge >= 0.3 is 0 Å². The van der Waals surface area contributed by atoms with Crippen molar-refractivity contribution in [1.82, 2.24) is 0 Å². The molecule has 0 aromatic rings. The van der Waals surface area contributed by atoms with Crippen LogP contribution in [0.2, 0.25) is 0 Å². The Labute approximate surface area is 132 Å². The Morgan fingerprint density at radius 3 is 2.00 bits per heavy atom. The van der Waals surface area contributed by atoms with Crippen molar-refractivity contribution in [3.63, 3.8) is 0 Å². The van der Waals surface area contributed by atoms with E-state index in [2.05, 4.69) is 20.8 Å². The maximum absolute atomic E-state index is 5.97. The van der Waals surface area contributed by atoms with Crippen molar-refractivity contribution in [2.45, 2.75) is 91.5 Å². The van der Waals surface area contributed by atoms with Gasteiger partial charge in [-0.3, -0.25) is 0 Å². The van der Waals surface area contributed by atoms with Gasteiger partial charge in [-0.1, -0.05) is 65.7 Å². The predicted molar refractivity (Wildman–Crippen MR) is 89.4 cm³/mol. The number of ether oxygens (including phenoxy) is 3. The highest BCUT2D eigenvalue weighted by molar-refractivity contribution is 4.68. The number of rotatable bonds is 15. The predicted octanol–water partition coefficient (Wildman–Crippen LogP) is 5.53. The van der Waals surface area contributed by atoms with Gasteiger partial charge in [0, 0.05) is 19.6 Å². The van der Waals surface area contributed by atoms with Gasteiger partial charge in [-0.2, -0.15) is 0 Å². The third kappa shape index (κ3) is 8.80. The molecule has 0 aromatic carbocycles. The molecule has 3 nitrogen and oxygen atoms in total. The van der Waals surface area contributed by atoms with Crippen LogP contribution >= 0.6 is 0 Å². The lowest BCUT2D eigenvalue weighted by Gasteiger charge is -2.36. The minimum Gasteiger partial charge on any atom is -0.331 e. The van der Waals surface area contributed by atoms with E-state index in [-0.39, 0.29) is 5.92 Å². The van der Waals surface area contributed by atoms with Crippen molar-refractivity contribution in [2.24, 2.45) is 5.92 Å². The first-order chi connectivity index (χ1) is 10.2. The largest absolute Gasteiger partial charge is 0.331 e. The third-order valence-electron chi connectivity index (χ3n) is 4.03. The van der Waals surface area contributed by atoms with E-state index >= 15 is 0 Å². The highest BCUT2D eigenvalue weighted by Gasteiger charge is 2.38. The quantitative estimate of drug-likeness (QED) is 0.294. The number of hydrogen-bond acceptors (Lipinski definition) is 3. The molecule has 0 fully saturated rings. The fraction of sp³-hybridized carbons (Fsp3) is 1.00. The SMILES string of the molecule is CCCCCCCCC(C)C(OC)(OCC)OCCCC. The Morgan fingerprint density at radius 2 is 1.43 bits per heavy atom. The van der Waals surface area contributed by atoms with Crippen molar-refractivity contribution >= 4 is 0 Å². The monoisotopic (exact) mass is 302 g/mol. The topological polar surface area (TPSA) is 27.7 Å². The summed E-state index contributed by atoms with van der Waals surface area (Å²) in [5.41, 5.74) is 0. The number of hydrogen-bond donors (Lipinski definition) is 0. The van der Waals surface area contributed by atoms with Crippen LogP contribution in [-0.2, 0) is 14.2 Å². The zero-order valence-electron chi connectivity index (χ0n) is 15.1. The van der Waals surface area contributed by atoms with E-state index in [9.17, 15) is 0 Å². The normalized spacial score (nSPS) is 15.9. The van der Waals surface area contributed by atoms with E-state index in [1.54, 1.807) is 7.11 Å². The van der Waals surface area contributed by atoms with Gasteiger partial charge in [0.05, 0.1) is 6.61 Å². The zero-order chi connectivity index (χ0) is 16.0. The molecule has 2 unspecified atom stereocenters. The molecule has 0 bridgehead atoms. The van der Waals surface area contributed by atoms with Crippen LogP contribution in [-0.4, -0.2) is 26.3 Å². The zero-order valence-corrected chi connectivity index (χ0v) is 15.1. The fourth-order valence-electron chi connectivity index (χ4n) is 2.61. The molecule has 0 aliphatic heterocycles. The lowest BCUT2D eigenvalue weighted by atomic mass is 9.99. The molecule has 0 aliphatic rings. The van der Waals surface area contributed by atoms with Crippen LogP contribution in [0, 0.1) is 5.92 Å². The fourth-order valence-corrected chi connectivity index (χ4v) is 2.61. The second-order valence-corrected chi connectivity index (χ2v) is 5.90. The molecule has 3 heteroatoms. The molecule has 2 atom stereocenters. The Hall–Kier alpha value is -0.120. The van der Waals surface area contributed by atoms with E-state index < -0.39 is 5.97 Å². The molecule has 0 radical (unpaired) electrons. The standard InChI is InChI=1S/C18H38O3/c1-6-9-11-12-13-14-15-17(4)18(19-5,20-8-3)21-16-10-7-2/h17H,6-16H2,1-5H3. The van der Waals surface area contributed by atoms with Crippen molar-refractivity contribution in [3.05, 3.63) is 0 Å². The van der Waals surface area contributed by atoms with Crippen molar-refractivity contribution in [2.75, 3.05) is 20.3 Å². The smallest absolute Gasteiger partial charge is 0.285 e. The summed E-state index contributed by atoms with van der Waals surface area (Å²) in [5.74, 6) is -0.599. The molecule has 0 rings (SSSR count). The summed E-state index contributed by atoms with van der Waals surface area (Å²) in [5, 5.41) is 0. The van der Waals surface area contributed by atoms with Gasteiger partial charge in [0.15, 0.2) is 0 Å². The first kappa shape index (κ1) is 20.9. The maximum Gasteiger partial charge on any atom is 0.285 e. The first-order valence-electron chi connectivity index (χ1n) is 8.99. The summed E-state index contributed by atoms with van der Waals surface area (Å²) in [7, 11) is 1.69. The average molecular weight is 302 g/mol. The molecule has 0 spiro atoms. The molecular formula is C18H38O3. The van der Waals surface area contributed by atoms with E-state index in [1.807, 2.05) is 6.92 Å². The van der Waals surface area contributed by atoms with Crippen LogP contribution < -0.4 is 0 Å². The van der Waals surface area contributed by atoms with Gasteiger partial charge in [-0.15, -0.1) is 0 Å². The van der Waals surface area contributed by atoms with Gasteiger partial charge in [-0.25, -0.2) is 0 Å². The second-order valence-electron chi connectivity index (χ2n) is 5.90. The van der Waals surface area contributed by atoms with E-state index in [0.717, 1.165) is 19.3 Å². The van der Waals surface area contributed by atoms with Crippen LogP contribution in [0.3, 0.4) is 0 Å². The molecule has 0 amide bonds. The number of unbranched alkanes of at least 4 members (excludes halogenated alkanes) is 6. The summed E-state index contributed by atoms with van der Waals surface area (Å²) < 4.78 is 17.4. The Bertz CT molecular complexity index is 221. The van der Waals surface area contributed by atoms with Gasteiger partial charge in [0.25, 0.3) is 5.97 Å². The van der Waals surface area contributed by atoms with Gasteiger partial charge in [0.1, 0.15) is 0 Å². The lowest BCUT2D eigenvalue weighted by Crippen LogP contribution is -2.45. The van der Waals surface area contributed by atoms with Crippen molar-refractivity contribution in [1.29, 1.82) is 0 Å². The summed E-state index contributed by atoms with van der Waals surface area (Å²) in [6.45, 7) is 9.90. The van der Waals surface area contributed by atoms with Crippen molar-refractivity contribution in [3.8, 4) is 0 Å². The first-order valence-corrected chi connectivity index (χ1v) is 8.99. The van der Waals surface area contributed by atoms with Gasteiger partial charge in [0.2, 0.25) is 0 Å². The Morgan fingerprint density at radius 1 is 0.810 bits per heavy atom. The molecule has 0 heterocycles. The average Bonchev–Trinajstić information content (AvgIpc) is 2.49. The summed E-state index contributed by atoms with van der Waals surface area (Å²) in [6.07, 6.45) is 11.1. The van der Waals surface area contributed by atoms with Crippen molar-refractivity contribution < 1.29 is 14.2 Å². The van der Waals surface area contributed by atoms with E-state index in [4.69, 9.17) is 14.2 Å². The molecule has 0 saturated carbocycles. The third-order valence-corrected chi connectivity index (χ3v) is 4.03. The maximum atomic E-state index is 5.97. The molecule has 128 valence electrons. The summed E-state index contributed by atoms with van der Waals surface area (Å²) >= 11 is 0. The van der Waals surface area contributed by atoms with Crippen LogP contribution in [0.4, 0.5) is 0 Å². The molecule has 0 aliphatic carbocycles. The van der Waals surface area contributed by atoms with Crippen LogP contribution in [0.25, 0.3) is 0 Å². The Kier molecular flexibility index (Phi) is 13.5. The Balaban J connectivity index is 4.19. The minimum absolute atomic E-state index is 0.255. The summed E-state index contributed by atoms with van der Waals surface area (Å²) in [4.78, 5) is 0. The molecular weight excluding hydrogens is 264 g/mol.